The Morgan fingerprint density at radius 3 is 2.42 bits per heavy atom. The summed E-state index contributed by atoms with van der Waals surface area (Å²) in [5, 5.41) is 0.640. The largest absolute Gasteiger partial charge is 0.496 e. The van der Waals surface area contributed by atoms with Crippen molar-refractivity contribution in [2.45, 2.75) is 6.42 Å². The molecule has 1 unspecified atom stereocenters. The summed E-state index contributed by atoms with van der Waals surface area (Å²) in [7, 11) is 3.08. The minimum Gasteiger partial charge on any atom is -0.496 e. The van der Waals surface area contributed by atoms with Crippen molar-refractivity contribution in [2.75, 3.05) is 14.2 Å². The van der Waals surface area contributed by atoms with E-state index in [0.717, 1.165) is 17.6 Å². The third-order valence-electron chi connectivity index (χ3n) is 6.70. The van der Waals surface area contributed by atoms with Crippen LogP contribution in [-0.4, -0.2) is 14.2 Å². The van der Waals surface area contributed by atoms with Gasteiger partial charge in [-0.25, -0.2) is 9.59 Å². The summed E-state index contributed by atoms with van der Waals surface area (Å²) in [6.45, 7) is 0. The average Bonchev–Trinajstić information content (AvgIpc) is 2.91. The Morgan fingerprint density at radius 2 is 1.64 bits per heavy atom. The highest BCUT2D eigenvalue weighted by Gasteiger charge is 2.24. The molecule has 0 saturated heterocycles. The molecule has 0 radical (unpaired) electrons. The van der Waals surface area contributed by atoms with Crippen LogP contribution < -0.4 is 20.7 Å². The topological polar surface area (TPSA) is 78.9 Å². The van der Waals surface area contributed by atoms with Crippen molar-refractivity contribution in [1.29, 1.82) is 0 Å². The molecule has 2 aliphatic carbocycles. The predicted octanol–water partition coefficient (Wildman–Crippen LogP) is 6.08. The van der Waals surface area contributed by atoms with Crippen molar-refractivity contribution in [3.05, 3.63) is 105 Å². The van der Waals surface area contributed by atoms with Gasteiger partial charge in [0, 0.05) is 23.6 Å². The molecule has 6 rings (SSSR count). The second-order valence-corrected chi connectivity index (χ2v) is 8.75. The monoisotopic (exact) mass is 478 g/mol. The van der Waals surface area contributed by atoms with E-state index in [1.165, 1.54) is 7.11 Å². The quantitative estimate of drug-likeness (QED) is 0.331. The highest BCUT2D eigenvalue weighted by molar-refractivity contribution is 5.89. The summed E-state index contributed by atoms with van der Waals surface area (Å²) in [6.07, 6.45) is 11.1. The van der Waals surface area contributed by atoms with Crippen molar-refractivity contribution in [1.82, 2.24) is 0 Å². The lowest BCUT2D eigenvalue weighted by Crippen LogP contribution is -2.12. The second-order valence-electron chi connectivity index (χ2n) is 8.75. The third kappa shape index (κ3) is 3.58. The van der Waals surface area contributed by atoms with Crippen molar-refractivity contribution >= 4 is 22.6 Å². The summed E-state index contributed by atoms with van der Waals surface area (Å²) in [6, 6.07) is 14.3. The van der Waals surface area contributed by atoms with Crippen LogP contribution in [0.1, 0.15) is 17.7 Å². The van der Waals surface area contributed by atoms with Gasteiger partial charge in [0.1, 0.15) is 22.8 Å². The molecule has 0 saturated carbocycles. The number of benzene rings is 2. The number of ether oxygens (including phenoxy) is 2. The molecule has 6 nitrogen and oxygen atoms in total. The van der Waals surface area contributed by atoms with Gasteiger partial charge in [-0.2, -0.15) is 0 Å². The minimum absolute atomic E-state index is 0.269. The molecule has 0 spiro atoms. The molecule has 6 heteroatoms. The zero-order valence-corrected chi connectivity index (χ0v) is 19.7. The van der Waals surface area contributed by atoms with Crippen LogP contribution in [-0.2, 0) is 0 Å². The van der Waals surface area contributed by atoms with E-state index in [4.69, 9.17) is 18.3 Å². The number of methoxy groups -OCH3 is 2. The van der Waals surface area contributed by atoms with Crippen LogP contribution in [0.4, 0.5) is 0 Å². The summed E-state index contributed by atoms with van der Waals surface area (Å²) < 4.78 is 22.1. The van der Waals surface area contributed by atoms with E-state index in [-0.39, 0.29) is 5.92 Å². The molecular weight excluding hydrogens is 456 g/mol. The standard InChI is InChI=1S/C30H22O6/c1-33-20-13-27(34-2)25-16-23(30(32)36-28(25)14-20)19-8-5-7-18(12-19)22-15-24-21-9-4-3-6-17(21)10-11-26(24)35-29(22)31/h3-5,7-17H,6H2,1-2H3. The summed E-state index contributed by atoms with van der Waals surface area (Å²) in [4.78, 5) is 25.9. The number of fused-ring (bicyclic) bond motifs is 4. The normalized spacial score (nSPS) is 15.8. The van der Waals surface area contributed by atoms with Crippen molar-refractivity contribution in [3.8, 4) is 33.8 Å². The van der Waals surface area contributed by atoms with Gasteiger partial charge in [0.15, 0.2) is 0 Å². The maximum absolute atomic E-state index is 12.9. The fourth-order valence-electron chi connectivity index (χ4n) is 4.86. The maximum atomic E-state index is 12.9. The van der Waals surface area contributed by atoms with Crippen LogP contribution in [0.2, 0.25) is 0 Å². The molecule has 1 atom stereocenters. The zero-order valence-electron chi connectivity index (χ0n) is 19.7. The molecular formula is C30H22O6. The summed E-state index contributed by atoms with van der Waals surface area (Å²) in [5.74, 6) is 1.89. The highest BCUT2D eigenvalue weighted by Crippen LogP contribution is 2.39. The lowest BCUT2D eigenvalue weighted by Gasteiger charge is -2.23. The van der Waals surface area contributed by atoms with Crippen LogP contribution >= 0.6 is 0 Å². The van der Waals surface area contributed by atoms with Gasteiger partial charge >= 0.3 is 11.3 Å². The molecule has 178 valence electrons. The van der Waals surface area contributed by atoms with Gasteiger partial charge in [-0.15, -0.1) is 0 Å². The van der Waals surface area contributed by atoms with E-state index in [0.29, 0.717) is 50.5 Å². The predicted molar refractivity (Wildman–Crippen MR) is 139 cm³/mol. The first-order chi connectivity index (χ1) is 17.6. The Hall–Kier alpha value is -4.58. The van der Waals surface area contributed by atoms with E-state index in [1.807, 2.05) is 36.4 Å². The van der Waals surface area contributed by atoms with Gasteiger partial charge in [0.2, 0.25) is 0 Å². The molecule has 0 N–H and O–H groups in total. The molecule has 2 aliphatic rings. The van der Waals surface area contributed by atoms with Gasteiger partial charge in [-0.3, -0.25) is 0 Å². The summed E-state index contributed by atoms with van der Waals surface area (Å²) in [5.41, 5.74) is 3.55. The van der Waals surface area contributed by atoms with Gasteiger partial charge < -0.3 is 18.3 Å². The molecule has 4 aromatic rings. The highest BCUT2D eigenvalue weighted by atomic mass is 16.5. The first kappa shape index (κ1) is 21.9. The van der Waals surface area contributed by atoms with Crippen LogP contribution in [0.15, 0.2) is 91.3 Å². The number of hydrogen-bond acceptors (Lipinski definition) is 6. The lowest BCUT2D eigenvalue weighted by molar-refractivity contribution is 0.396. The number of hydrogen-bond donors (Lipinski definition) is 0. The molecule has 2 heterocycles. The molecule has 2 aromatic carbocycles. The van der Waals surface area contributed by atoms with Crippen molar-refractivity contribution < 1.29 is 18.3 Å². The summed E-state index contributed by atoms with van der Waals surface area (Å²) >= 11 is 0. The second kappa shape index (κ2) is 8.57. The lowest BCUT2D eigenvalue weighted by atomic mass is 9.82. The van der Waals surface area contributed by atoms with Crippen molar-refractivity contribution in [2.24, 2.45) is 5.92 Å². The smallest absolute Gasteiger partial charge is 0.344 e. The third-order valence-corrected chi connectivity index (χ3v) is 6.70. The molecule has 2 aromatic heterocycles. The van der Waals surface area contributed by atoms with Gasteiger partial charge in [-0.1, -0.05) is 42.5 Å². The SMILES string of the molecule is COc1cc(OC)c2cc(-c3cccc(-c4cc5c(oc4=O)C=CC4CC=CC=C54)c3)c(=O)oc2c1. The van der Waals surface area contributed by atoms with Crippen LogP contribution in [0.25, 0.3) is 44.9 Å². The van der Waals surface area contributed by atoms with E-state index >= 15 is 0 Å². The van der Waals surface area contributed by atoms with Crippen molar-refractivity contribution in [3.63, 3.8) is 0 Å². The van der Waals surface area contributed by atoms with E-state index in [1.54, 1.807) is 31.4 Å². The Kier molecular flexibility index (Phi) is 5.22. The van der Waals surface area contributed by atoms with E-state index < -0.39 is 11.3 Å². The van der Waals surface area contributed by atoms with Gasteiger partial charge in [0.25, 0.3) is 0 Å². The molecule has 0 fully saturated rings. The fraction of sp³-hybridized carbons (Fsp3) is 0.133. The Labute approximate surface area is 206 Å². The van der Waals surface area contributed by atoms with Gasteiger partial charge in [0.05, 0.1) is 30.7 Å². The minimum atomic E-state index is -0.500. The van der Waals surface area contributed by atoms with E-state index in [2.05, 4.69) is 18.2 Å². The maximum Gasteiger partial charge on any atom is 0.344 e. The first-order valence-electron chi connectivity index (χ1n) is 11.6. The molecule has 36 heavy (non-hydrogen) atoms. The first-order valence-corrected chi connectivity index (χ1v) is 11.6. The molecule has 0 bridgehead atoms. The fourth-order valence-corrected chi connectivity index (χ4v) is 4.86. The number of rotatable bonds is 4. The van der Waals surface area contributed by atoms with Crippen LogP contribution in [0.5, 0.6) is 11.5 Å². The number of allylic oxidation sites excluding steroid dienone is 5. The van der Waals surface area contributed by atoms with Crippen LogP contribution in [0.3, 0.4) is 0 Å². The average molecular weight is 479 g/mol. The van der Waals surface area contributed by atoms with E-state index in [9.17, 15) is 9.59 Å². The van der Waals surface area contributed by atoms with Crippen LogP contribution in [0, 0.1) is 5.92 Å². The van der Waals surface area contributed by atoms with Gasteiger partial charge in [-0.05, 0) is 47.4 Å². The Morgan fingerprint density at radius 1 is 0.861 bits per heavy atom. The Balaban J connectivity index is 1.49. The molecule has 0 aliphatic heterocycles. The Bertz CT molecular complexity index is 1730. The molecule has 0 amide bonds. The zero-order chi connectivity index (χ0) is 24.8.